The number of para-hydroxylation sites is 1. The van der Waals surface area contributed by atoms with E-state index in [2.05, 4.69) is 4.99 Å². The van der Waals surface area contributed by atoms with Gasteiger partial charge in [-0.3, -0.25) is 9.10 Å². The molecule has 0 unspecified atom stereocenters. The molecule has 0 aliphatic carbocycles. The van der Waals surface area contributed by atoms with Gasteiger partial charge in [0, 0.05) is 19.7 Å². The van der Waals surface area contributed by atoms with Gasteiger partial charge in [-0.1, -0.05) is 52.7 Å². The molecule has 4 rings (SSSR count). The SMILES string of the molecule is CN(c1ccccc1)S(=O)(=O)c1ccc(C(=O)N=c2sc3c(Cl)ccc(Cl)c3n2C)cc1. The molecule has 3 aromatic carbocycles. The van der Waals surface area contributed by atoms with Crippen LogP contribution in [0.4, 0.5) is 5.69 Å². The number of carbonyl (C=O) groups is 1. The number of aromatic nitrogens is 1. The van der Waals surface area contributed by atoms with E-state index in [4.69, 9.17) is 23.2 Å². The molecule has 0 bridgehead atoms. The summed E-state index contributed by atoms with van der Waals surface area (Å²) in [6, 6.07) is 17.8. The van der Waals surface area contributed by atoms with Crippen LogP contribution in [0.1, 0.15) is 10.4 Å². The molecule has 10 heteroatoms. The molecule has 0 fully saturated rings. The molecule has 1 aromatic heterocycles. The molecule has 1 heterocycles. The number of carbonyl (C=O) groups excluding carboxylic acids is 1. The predicted molar refractivity (Wildman–Crippen MR) is 129 cm³/mol. The molecule has 1 amide bonds. The van der Waals surface area contributed by atoms with Crippen molar-refractivity contribution in [2.45, 2.75) is 4.90 Å². The summed E-state index contributed by atoms with van der Waals surface area (Å²) in [6.07, 6.45) is 0. The first-order valence-electron chi connectivity index (χ1n) is 9.37. The number of aryl methyl sites for hydroxylation is 1. The number of hydrogen-bond donors (Lipinski definition) is 0. The normalized spacial score (nSPS) is 12.3. The average molecular weight is 506 g/mol. The van der Waals surface area contributed by atoms with Crippen LogP contribution >= 0.6 is 34.5 Å². The van der Waals surface area contributed by atoms with Crippen LogP contribution in [0.15, 0.2) is 76.6 Å². The minimum Gasteiger partial charge on any atom is -0.318 e. The number of hydrogen-bond acceptors (Lipinski definition) is 4. The number of rotatable bonds is 4. The van der Waals surface area contributed by atoms with Crippen molar-refractivity contribution in [3.63, 3.8) is 0 Å². The van der Waals surface area contributed by atoms with Crippen LogP contribution in [0.5, 0.6) is 0 Å². The van der Waals surface area contributed by atoms with E-state index in [1.165, 1.54) is 47.0 Å². The Labute approximate surface area is 199 Å². The van der Waals surface area contributed by atoms with Crippen LogP contribution in [0.2, 0.25) is 10.0 Å². The summed E-state index contributed by atoms with van der Waals surface area (Å²) in [6.45, 7) is 0. The fraction of sp³-hybridized carbons (Fsp3) is 0.0909. The first-order valence-corrected chi connectivity index (χ1v) is 12.4. The Kier molecular flexibility index (Phi) is 6.13. The minimum atomic E-state index is -3.77. The lowest BCUT2D eigenvalue weighted by molar-refractivity contribution is 0.0998. The first kappa shape index (κ1) is 22.5. The zero-order valence-electron chi connectivity index (χ0n) is 17.0. The zero-order chi connectivity index (χ0) is 23.0. The summed E-state index contributed by atoms with van der Waals surface area (Å²) in [5.41, 5.74) is 1.50. The molecule has 0 radical (unpaired) electrons. The highest BCUT2D eigenvalue weighted by Crippen LogP contribution is 2.31. The van der Waals surface area contributed by atoms with E-state index >= 15 is 0 Å². The van der Waals surface area contributed by atoms with Gasteiger partial charge in [0.15, 0.2) is 4.80 Å². The number of fused-ring (bicyclic) bond motifs is 1. The molecule has 0 spiro atoms. The highest BCUT2D eigenvalue weighted by atomic mass is 35.5. The molecule has 0 atom stereocenters. The molecular weight excluding hydrogens is 489 g/mol. The fourth-order valence-electron chi connectivity index (χ4n) is 3.14. The lowest BCUT2D eigenvalue weighted by Crippen LogP contribution is -2.26. The Morgan fingerprint density at radius 1 is 0.969 bits per heavy atom. The van der Waals surface area contributed by atoms with E-state index in [1.807, 2.05) is 6.07 Å². The average Bonchev–Trinajstić information content (AvgIpc) is 3.13. The molecule has 4 aromatic rings. The molecule has 32 heavy (non-hydrogen) atoms. The number of amides is 1. The number of halogens is 2. The van der Waals surface area contributed by atoms with E-state index in [0.29, 0.717) is 26.1 Å². The summed E-state index contributed by atoms with van der Waals surface area (Å²) in [5, 5.41) is 1.03. The van der Waals surface area contributed by atoms with E-state index in [9.17, 15) is 13.2 Å². The largest absolute Gasteiger partial charge is 0.318 e. The Balaban J connectivity index is 1.66. The van der Waals surface area contributed by atoms with Gasteiger partial charge in [-0.05, 0) is 48.5 Å². The van der Waals surface area contributed by atoms with Crippen molar-refractivity contribution >= 4 is 66.4 Å². The Morgan fingerprint density at radius 2 is 1.59 bits per heavy atom. The zero-order valence-corrected chi connectivity index (χ0v) is 20.1. The number of anilines is 1. The third kappa shape index (κ3) is 4.06. The molecule has 164 valence electrons. The van der Waals surface area contributed by atoms with Crippen molar-refractivity contribution in [2.75, 3.05) is 11.4 Å². The van der Waals surface area contributed by atoms with Gasteiger partial charge >= 0.3 is 0 Å². The summed E-state index contributed by atoms with van der Waals surface area (Å²) in [7, 11) is -0.532. The van der Waals surface area contributed by atoms with Crippen LogP contribution in [0.3, 0.4) is 0 Å². The van der Waals surface area contributed by atoms with Gasteiger partial charge in [0.2, 0.25) is 0 Å². The van der Waals surface area contributed by atoms with E-state index in [-0.39, 0.29) is 10.5 Å². The highest BCUT2D eigenvalue weighted by molar-refractivity contribution is 7.92. The lowest BCUT2D eigenvalue weighted by Gasteiger charge is -2.19. The Bertz CT molecular complexity index is 1490. The molecule has 0 N–H and O–H groups in total. The predicted octanol–water partition coefficient (Wildman–Crippen LogP) is 5.11. The molecule has 0 saturated heterocycles. The Morgan fingerprint density at radius 3 is 2.22 bits per heavy atom. The quantitative estimate of drug-likeness (QED) is 0.386. The smallest absolute Gasteiger partial charge is 0.279 e. The van der Waals surface area contributed by atoms with Crippen molar-refractivity contribution in [1.82, 2.24) is 4.57 Å². The first-order chi connectivity index (χ1) is 15.2. The van der Waals surface area contributed by atoms with Gasteiger partial charge in [-0.2, -0.15) is 4.99 Å². The lowest BCUT2D eigenvalue weighted by atomic mass is 10.2. The summed E-state index contributed by atoms with van der Waals surface area (Å²) in [5.74, 6) is -0.500. The number of benzene rings is 3. The highest BCUT2D eigenvalue weighted by Gasteiger charge is 2.21. The molecule has 0 aliphatic heterocycles. The van der Waals surface area contributed by atoms with Crippen LogP contribution in [-0.4, -0.2) is 25.9 Å². The van der Waals surface area contributed by atoms with Crippen molar-refractivity contribution in [2.24, 2.45) is 12.0 Å². The van der Waals surface area contributed by atoms with Crippen molar-refractivity contribution in [3.05, 3.63) is 87.1 Å². The molecule has 0 aliphatic rings. The minimum absolute atomic E-state index is 0.0754. The second-order valence-corrected chi connectivity index (χ2v) is 10.7. The number of nitrogens with zero attached hydrogens (tertiary/aromatic N) is 3. The van der Waals surface area contributed by atoms with Crippen molar-refractivity contribution < 1.29 is 13.2 Å². The third-order valence-electron chi connectivity index (χ3n) is 4.93. The molecule has 0 saturated carbocycles. The van der Waals surface area contributed by atoms with Gasteiger partial charge in [0.1, 0.15) is 0 Å². The van der Waals surface area contributed by atoms with Crippen LogP contribution < -0.4 is 9.11 Å². The van der Waals surface area contributed by atoms with E-state index in [0.717, 1.165) is 4.70 Å². The summed E-state index contributed by atoms with van der Waals surface area (Å²) in [4.78, 5) is 17.4. The maximum atomic E-state index is 12.9. The van der Waals surface area contributed by atoms with Crippen molar-refractivity contribution in [1.29, 1.82) is 0 Å². The van der Waals surface area contributed by atoms with Gasteiger partial charge in [0.05, 0.1) is 30.8 Å². The van der Waals surface area contributed by atoms with Crippen LogP contribution in [-0.2, 0) is 17.1 Å². The van der Waals surface area contributed by atoms with Gasteiger partial charge < -0.3 is 4.57 Å². The van der Waals surface area contributed by atoms with Crippen molar-refractivity contribution in [3.8, 4) is 0 Å². The van der Waals surface area contributed by atoms with Gasteiger partial charge in [-0.15, -0.1) is 0 Å². The fourth-order valence-corrected chi connectivity index (χ4v) is 5.99. The summed E-state index contributed by atoms with van der Waals surface area (Å²) < 4.78 is 29.4. The standard InChI is InChI=1S/C22H17Cl2N3O3S2/c1-26-19-17(23)12-13-18(24)20(19)31-22(26)25-21(28)14-8-10-16(11-9-14)32(29,30)27(2)15-6-4-3-5-7-15/h3-13H,1-2H3. The molecule has 6 nitrogen and oxygen atoms in total. The van der Waals surface area contributed by atoms with Crippen LogP contribution in [0, 0.1) is 0 Å². The maximum Gasteiger partial charge on any atom is 0.279 e. The van der Waals surface area contributed by atoms with Gasteiger partial charge in [0.25, 0.3) is 15.9 Å². The Hall–Kier alpha value is -2.65. The van der Waals surface area contributed by atoms with E-state index in [1.54, 1.807) is 48.0 Å². The monoisotopic (exact) mass is 505 g/mol. The second-order valence-electron chi connectivity index (χ2n) is 6.90. The topological polar surface area (TPSA) is 71.7 Å². The maximum absolute atomic E-state index is 12.9. The number of thiazole rings is 1. The third-order valence-corrected chi connectivity index (χ3v) is 8.62. The second kappa shape index (κ2) is 8.71. The summed E-state index contributed by atoms with van der Waals surface area (Å²) >= 11 is 13.8. The van der Waals surface area contributed by atoms with E-state index < -0.39 is 15.9 Å². The number of sulfonamides is 1. The van der Waals surface area contributed by atoms with Gasteiger partial charge in [-0.25, -0.2) is 8.42 Å². The molecular formula is C22H17Cl2N3O3S2. The van der Waals surface area contributed by atoms with Crippen LogP contribution in [0.25, 0.3) is 10.2 Å².